The first-order chi connectivity index (χ1) is 11.2. The van der Waals surface area contributed by atoms with Crippen LogP contribution >= 0.6 is 11.3 Å². The molecule has 1 amide bonds. The first-order valence-corrected chi connectivity index (χ1v) is 9.40. The number of thiophene rings is 1. The first-order valence-electron chi connectivity index (χ1n) is 7.10. The Hall–Kier alpha value is -2.19. The zero-order valence-corrected chi connectivity index (χ0v) is 15.0. The van der Waals surface area contributed by atoms with Crippen molar-refractivity contribution in [1.29, 1.82) is 0 Å². The van der Waals surface area contributed by atoms with Gasteiger partial charge in [-0.3, -0.25) is 9.59 Å². The molecule has 24 heavy (non-hydrogen) atoms. The van der Waals surface area contributed by atoms with Gasteiger partial charge in [0.25, 0.3) is 15.9 Å². The largest absolute Gasteiger partial charge is 0.481 e. The van der Waals surface area contributed by atoms with E-state index >= 15 is 0 Å². The van der Waals surface area contributed by atoms with E-state index < -0.39 is 22.0 Å². The van der Waals surface area contributed by atoms with Crippen molar-refractivity contribution in [2.75, 3.05) is 0 Å². The van der Waals surface area contributed by atoms with Crippen LogP contribution in [0.4, 0.5) is 0 Å². The lowest BCUT2D eigenvalue weighted by Gasteiger charge is -2.14. The standard InChI is InChI=1S/C16H17NO5S2/c1-10-7-8-15(23-10)24(20,21)17-16(19)12(3)22-14-6-4-5-13(9-14)11(2)18/h4-9,12H,1-3H3,(H,17,19). The Kier molecular flexibility index (Phi) is 5.40. The zero-order valence-electron chi connectivity index (χ0n) is 13.4. The molecular formula is C16H17NO5S2. The molecule has 0 aliphatic heterocycles. The maximum absolute atomic E-state index is 12.1. The van der Waals surface area contributed by atoms with E-state index in [9.17, 15) is 18.0 Å². The second kappa shape index (κ2) is 7.14. The molecule has 0 aliphatic rings. The van der Waals surface area contributed by atoms with E-state index in [0.717, 1.165) is 16.2 Å². The highest BCUT2D eigenvalue weighted by Crippen LogP contribution is 2.21. The van der Waals surface area contributed by atoms with Crippen LogP contribution < -0.4 is 9.46 Å². The van der Waals surface area contributed by atoms with Crippen LogP contribution in [0.5, 0.6) is 5.75 Å². The number of benzene rings is 1. The molecule has 0 saturated carbocycles. The molecule has 0 saturated heterocycles. The van der Waals surface area contributed by atoms with E-state index in [0.29, 0.717) is 11.3 Å². The smallest absolute Gasteiger partial charge is 0.274 e. The summed E-state index contributed by atoms with van der Waals surface area (Å²) in [6, 6.07) is 9.45. The first kappa shape index (κ1) is 18.2. The van der Waals surface area contributed by atoms with Crippen LogP contribution in [0, 0.1) is 6.92 Å². The van der Waals surface area contributed by atoms with Gasteiger partial charge in [0.2, 0.25) is 0 Å². The third-order valence-electron chi connectivity index (χ3n) is 3.14. The predicted molar refractivity (Wildman–Crippen MR) is 90.9 cm³/mol. The van der Waals surface area contributed by atoms with E-state index in [1.165, 1.54) is 26.0 Å². The topological polar surface area (TPSA) is 89.5 Å². The van der Waals surface area contributed by atoms with Gasteiger partial charge in [-0.1, -0.05) is 12.1 Å². The van der Waals surface area contributed by atoms with Gasteiger partial charge >= 0.3 is 0 Å². The van der Waals surface area contributed by atoms with Gasteiger partial charge in [0.05, 0.1) is 0 Å². The number of carbonyl (C=O) groups is 2. The molecule has 1 heterocycles. The summed E-state index contributed by atoms with van der Waals surface area (Å²) in [5, 5.41) is 0. The molecular weight excluding hydrogens is 350 g/mol. The summed E-state index contributed by atoms with van der Waals surface area (Å²) >= 11 is 1.08. The lowest BCUT2D eigenvalue weighted by Crippen LogP contribution is -2.39. The summed E-state index contributed by atoms with van der Waals surface area (Å²) in [7, 11) is -3.91. The molecule has 0 radical (unpaired) electrons. The van der Waals surface area contributed by atoms with Crippen molar-refractivity contribution in [2.24, 2.45) is 0 Å². The fourth-order valence-electron chi connectivity index (χ4n) is 1.87. The van der Waals surface area contributed by atoms with Gasteiger partial charge in [-0.15, -0.1) is 11.3 Å². The molecule has 2 aromatic rings. The Morgan fingerprint density at radius 3 is 2.50 bits per heavy atom. The Bertz CT molecular complexity index is 870. The van der Waals surface area contributed by atoms with Gasteiger partial charge in [0.1, 0.15) is 9.96 Å². The minimum atomic E-state index is -3.91. The average molecular weight is 367 g/mol. The van der Waals surface area contributed by atoms with Crippen molar-refractivity contribution in [2.45, 2.75) is 31.1 Å². The Morgan fingerprint density at radius 1 is 1.21 bits per heavy atom. The SMILES string of the molecule is CC(=O)c1cccc(OC(C)C(=O)NS(=O)(=O)c2ccc(C)s2)c1. The van der Waals surface area contributed by atoms with Gasteiger partial charge in [-0.05, 0) is 45.0 Å². The molecule has 0 spiro atoms. The Balaban J connectivity index is 2.07. The zero-order chi connectivity index (χ0) is 17.9. The summed E-state index contributed by atoms with van der Waals surface area (Å²) in [4.78, 5) is 24.3. The van der Waals surface area contributed by atoms with Crippen LogP contribution in [0.3, 0.4) is 0 Å². The van der Waals surface area contributed by atoms with Crippen molar-refractivity contribution >= 4 is 33.1 Å². The third kappa shape index (κ3) is 4.42. The number of sulfonamides is 1. The summed E-state index contributed by atoms with van der Waals surface area (Å²) < 4.78 is 31.8. The highest BCUT2D eigenvalue weighted by atomic mass is 32.2. The van der Waals surface area contributed by atoms with Crippen molar-refractivity contribution in [1.82, 2.24) is 4.72 Å². The fourth-order valence-corrected chi connectivity index (χ4v) is 4.19. The number of ketones is 1. The second-order valence-corrected chi connectivity index (χ2v) is 8.38. The molecule has 8 heteroatoms. The van der Waals surface area contributed by atoms with Crippen molar-refractivity contribution in [3.05, 3.63) is 46.8 Å². The predicted octanol–water partition coefficient (Wildman–Crippen LogP) is 2.53. The van der Waals surface area contributed by atoms with Crippen LogP contribution in [0.25, 0.3) is 0 Å². The summed E-state index contributed by atoms with van der Waals surface area (Å²) in [5.41, 5.74) is 0.446. The Morgan fingerprint density at radius 2 is 1.92 bits per heavy atom. The number of hydrogen-bond acceptors (Lipinski definition) is 6. The van der Waals surface area contributed by atoms with Crippen LogP contribution in [0.15, 0.2) is 40.6 Å². The molecule has 1 atom stereocenters. The maximum atomic E-state index is 12.1. The summed E-state index contributed by atoms with van der Waals surface area (Å²) in [5.74, 6) is -0.600. The van der Waals surface area contributed by atoms with Crippen LogP contribution in [-0.4, -0.2) is 26.2 Å². The minimum absolute atomic E-state index is 0.0686. The molecule has 1 unspecified atom stereocenters. The average Bonchev–Trinajstić information content (AvgIpc) is 2.94. The molecule has 2 rings (SSSR count). The van der Waals surface area contributed by atoms with Gasteiger partial charge in [0, 0.05) is 10.4 Å². The normalized spacial score (nSPS) is 12.5. The number of nitrogens with one attached hydrogen (secondary N) is 1. The van der Waals surface area contributed by atoms with E-state index in [1.54, 1.807) is 31.2 Å². The Labute approximate surface area is 144 Å². The molecule has 0 bridgehead atoms. The summed E-state index contributed by atoms with van der Waals surface area (Å²) in [6.07, 6.45) is -1.04. The number of Topliss-reactive ketones (excluding diaryl/α,β-unsaturated/α-hetero) is 1. The molecule has 6 nitrogen and oxygen atoms in total. The van der Waals surface area contributed by atoms with E-state index in [4.69, 9.17) is 4.74 Å². The van der Waals surface area contributed by atoms with Crippen molar-refractivity contribution in [3.8, 4) is 5.75 Å². The van der Waals surface area contributed by atoms with Crippen molar-refractivity contribution < 1.29 is 22.7 Å². The van der Waals surface area contributed by atoms with Crippen LogP contribution in [0.2, 0.25) is 0 Å². The lowest BCUT2D eigenvalue weighted by molar-refractivity contribution is -0.125. The van der Waals surface area contributed by atoms with Gasteiger partial charge in [-0.25, -0.2) is 13.1 Å². The molecule has 1 aromatic heterocycles. The minimum Gasteiger partial charge on any atom is -0.481 e. The number of aryl methyl sites for hydroxylation is 1. The third-order valence-corrected chi connectivity index (χ3v) is 5.98. The number of hydrogen-bond donors (Lipinski definition) is 1. The quantitative estimate of drug-likeness (QED) is 0.793. The van der Waals surface area contributed by atoms with Crippen molar-refractivity contribution in [3.63, 3.8) is 0 Å². The van der Waals surface area contributed by atoms with E-state index in [2.05, 4.69) is 0 Å². The second-order valence-electron chi connectivity index (χ2n) is 5.18. The van der Waals surface area contributed by atoms with Crippen LogP contribution in [-0.2, 0) is 14.8 Å². The van der Waals surface area contributed by atoms with Gasteiger partial charge in [0.15, 0.2) is 11.9 Å². The molecule has 0 aliphatic carbocycles. The molecule has 0 fully saturated rings. The van der Waals surface area contributed by atoms with Gasteiger partial charge in [-0.2, -0.15) is 0 Å². The van der Waals surface area contributed by atoms with Crippen LogP contribution in [0.1, 0.15) is 29.1 Å². The lowest BCUT2D eigenvalue weighted by atomic mass is 10.1. The highest BCUT2D eigenvalue weighted by Gasteiger charge is 2.24. The number of amides is 1. The number of ether oxygens (including phenoxy) is 1. The number of rotatable bonds is 6. The monoisotopic (exact) mass is 367 g/mol. The van der Waals surface area contributed by atoms with E-state index in [1.807, 2.05) is 4.72 Å². The summed E-state index contributed by atoms with van der Waals surface area (Å²) in [6.45, 7) is 4.63. The van der Waals surface area contributed by atoms with E-state index in [-0.39, 0.29) is 9.99 Å². The van der Waals surface area contributed by atoms with Gasteiger partial charge < -0.3 is 4.74 Å². The fraction of sp³-hybridized carbons (Fsp3) is 0.250. The number of carbonyl (C=O) groups excluding carboxylic acids is 2. The molecule has 1 N–H and O–H groups in total. The molecule has 1 aromatic carbocycles. The maximum Gasteiger partial charge on any atom is 0.274 e. The molecule has 128 valence electrons. The highest BCUT2D eigenvalue weighted by molar-refractivity contribution is 7.92.